The van der Waals surface area contributed by atoms with E-state index in [1.807, 2.05) is 0 Å². The second-order valence-electron chi connectivity index (χ2n) is 4.25. The highest BCUT2D eigenvalue weighted by Gasteiger charge is 2.06. The molecule has 0 saturated heterocycles. The first-order chi connectivity index (χ1) is 6.60. The monoisotopic (exact) mass is 199 g/mol. The van der Waals surface area contributed by atoms with Crippen molar-refractivity contribution in [1.29, 1.82) is 0 Å². The third-order valence-electron chi connectivity index (χ3n) is 2.60. The molecule has 0 unspecified atom stereocenters. The van der Waals surface area contributed by atoms with Crippen LogP contribution >= 0.6 is 0 Å². The lowest BCUT2D eigenvalue weighted by Crippen LogP contribution is -2.25. The molecule has 0 aromatic rings. The average Bonchev–Trinajstić information content (AvgIpc) is 2.16. The zero-order valence-corrected chi connectivity index (χ0v) is 10.2. The zero-order chi connectivity index (χ0) is 11.0. The summed E-state index contributed by atoms with van der Waals surface area (Å²) in [5.74, 6) is 1.07. The highest BCUT2D eigenvalue weighted by Crippen LogP contribution is 2.05. The van der Waals surface area contributed by atoms with Gasteiger partial charge in [-0.2, -0.15) is 0 Å². The summed E-state index contributed by atoms with van der Waals surface area (Å²) in [7, 11) is 0. The van der Waals surface area contributed by atoms with Crippen molar-refractivity contribution in [2.75, 3.05) is 19.6 Å². The molecule has 0 aliphatic rings. The topological polar surface area (TPSA) is 20.3 Å². The fraction of sp³-hybridized carbons (Fsp3) is 0.917. The summed E-state index contributed by atoms with van der Waals surface area (Å²) >= 11 is 0. The molecule has 0 aliphatic carbocycles. The Kier molecular flexibility index (Phi) is 7.77. The molecule has 2 nitrogen and oxygen atoms in total. The standard InChI is InChI=1S/C12H25NO/c1-5-13(6-2)10-9-12(14)8-7-11(3)4/h11H,5-10H2,1-4H3. The molecule has 0 aromatic heterocycles. The van der Waals surface area contributed by atoms with E-state index in [1.54, 1.807) is 0 Å². The maximum Gasteiger partial charge on any atom is 0.134 e. The molecule has 0 radical (unpaired) electrons. The normalized spacial score (nSPS) is 11.3. The summed E-state index contributed by atoms with van der Waals surface area (Å²) in [6, 6.07) is 0. The van der Waals surface area contributed by atoms with Gasteiger partial charge in [0.1, 0.15) is 5.78 Å². The van der Waals surface area contributed by atoms with E-state index in [4.69, 9.17) is 0 Å². The zero-order valence-electron chi connectivity index (χ0n) is 10.2. The Bertz CT molecular complexity index is 150. The molecule has 0 aliphatic heterocycles. The second kappa shape index (κ2) is 7.98. The first kappa shape index (κ1) is 13.6. The van der Waals surface area contributed by atoms with Crippen LogP contribution in [0.1, 0.15) is 47.0 Å². The Labute approximate surface area is 88.7 Å². The maximum absolute atomic E-state index is 11.5. The molecular formula is C12H25NO. The predicted molar refractivity (Wildman–Crippen MR) is 61.5 cm³/mol. The van der Waals surface area contributed by atoms with E-state index in [2.05, 4.69) is 32.6 Å². The highest BCUT2D eigenvalue weighted by molar-refractivity contribution is 5.78. The van der Waals surface area contributed by atoms with Crippen LogP contribution in [0.4, 0.5) is 0 Å². The molecule has 0 fully saturated rings. The Hall–Kier alpha value is -0.370. The van der Waals surface area contributed by atoms with Gasteiger partial charge in [0.2, 0.25) is 0 Å². The van der Waals surface area contributed by atoms with Crippen LogP contribution in [-0.2, 0) is 4.79 Å². The largest absolute Gasteiger partial charge is 0.303 e. The van der Waals surface area contributed by atoms with Crippen LogP contribution < -0.4 is 0 Å². The van der Waals surface area contributed by atoms with Crippen LogP contribution in [0.5, 0.6) is 0 Å². The van der Waals surface area contributed by atoms with Crippen molar-refractivity contribution in [1.82, 2.24) is 4.90 Å². The van der Waals surface area contributed by atoms with Gasteiger partial charge in [-0.3, -0.25) is 4.79 Å². The van der Waals surface area contributed by atoms with Gasteiger partial charge in [-0.1, -0.05) is 27.7 Å². The molecule has 0 saturated carbocycles. The number of hydrogen-bond donors (Lipinski definition) is 0. The number of carbonyl (C=O) groups excluding carboxylic acids is 1. The summed E-state index contributed by atoms with van der Waals surface area (Å²) < 4.78 is 0. The van der Waals surface area contributed by atoms with E-state index >= 15 is 0 Å². The first-order valence-electron chi connectivity index (χ1n) is 5.84. The molecular weight excluding hydrogens is 174 g/mol. The van der Waals surface area contributed by atoms with E-state index in [0.717, 1.165) is 38.9 Å². The molecule has 0 spiro atoms. The summed E-state index contributed by atoms with van der Waals surface area (Å²) in [6.45, 7) is 11.6. The Morgan fingerprint density at radius 2 is 1.71 bits per heavy atom. The van der Waals surface area contributed by atoms with E-state index < -0.39 is 0 Å². The Morgan fingerprint density at radius 1 is 1.14 bits per heavy atom. The SMILES string of the molecule is CCN(CC)CCC(=O)CCC(C)C. The summed E-state index contributed by atoms with van der Waals surface area (Å²) in [5, 5.41) is 0. The van der Waals surface area contributed by atoms with Crippen molar-refractivity contribution in [2.24, 2.45) is 5.92 Å². The molecule has 14 heavy (non-hydrogen) atoms. The lowest BCUT2D eigenvalue weighted by molar-refractivity contribution is -0.119. The number of carbonyl (C=O) groups is 1. The molecule has 0 atom stereocenters. The maximum atomic E-state index is 11.5. The third kappa shape index (κ3) is 7.07. The van der Waals surface area contributed by atoms with Crippen LogP contribution in [-0.4, -0.2) is 30.3 Å². The van der Waals surface area contributed by atoms with Gasteiger partial charge in [0.15, 0.2) is 0 Å². The Morgan fingerprint density at radius 3 is 2.14 bits per heavy atom. The first-order valence-corrected chi connectivity index (χ1v) is 5.84. The number of nitrogens with zero attached hydrogens (tertiary/aromatic N) is 1. The smallest absolute Gasteiger partial charge is 0.134 e. The quantitative estimate of drug-likeness (QED) is 0.599. The van der Waals surface area contributed by atoms with Gasteiger partial charge in [-0.05, 0) is 25.4 Å². The Balaban J connectivity index is 3.52. The minimum Gasteiger partial charge on any atom is -0.303 e. The van der Waals surface area contributed by atoms with Crippen LogP contribution in [0.15, 0.2) is 0 Å². The molecule has 0 N–H and O–H groups in total. The van der Waals surface area contributed by atoms with Crippen molar-refractivity contribution in [3.8, 4) is 0 Å². The third-order valence-corrected chi connectivity index (χ3v) is 2.60. The van der Waals surface area contributed by atoms with Crippen LogP contribution in [0.25, 0.3) is 0 Å². The minimum absolute atomic E-state index is 0.422. The van der Waals surface area contributed by atoms with Crippen LogP contribution in [0, 0.1) is 5.92 Å². The van der Waals surface area contributed by atoms with Crippen LogP contribution in [0.2, 0.25) is 0 Å². The van der Waals surface area contributed by atoms with Crippen LogP contribution in [0.3, 0.4) is 0 Å². The second-order valence-corrected chi connectivity index (χ2v) is 4.25. The fourth-order valence-corrected chi connectivity index (χ4v) is 1.40. The number of ketones is 1. The van der Waals surface area contributed by atoms with E-state index in [9.17, 15) is 4.79 Å². The van der Waals surface area contributed by atoms with Crippen molar-refractivity contribution in [3.05, 3.63) is 0 Å². The number of rotatable bonds is 8. The molecule has 0 aromatic carbocycles. The highest BCUT2D eigenvalue weighted by atomic mass is 16.1. The van der Waals surface area contributed by atoms with Gasteiger partial charge in [-0.15, -0.1) is 0 Å². The minimum atomic E-state index is 0.422. The average molecular weight is 199 g/mol. The lowest BCUT2D eigenvalue weighted by Gasteiger charge is -2.17. The van der Waals surface area contributed by atoms with Gasteiger partial charge in [0, 0.05) is 19.4 Å². The molecule has 0 rings (SSSR count). The predicted octanol–water partition coefficient (Wildman–Crippen LogP) is 2.72. The lowest BCUT2D eigenvalue weighted by atomic mass is 10.0. The van der Waals surface area contributed by atoms with Crippen molar-refractivity contribution >= 4 is 5.78 Å². The summed E-state index contributed by atoms with van der Waals surface area (Å²) in [6.07, 6.45) is 2.53. The van der Waals surface area contributed by atoms with Gasteiger partial charge in [0.25, 0.3) is 0 Å². The molecule has 2 heteroatoms. The van der Waals surface area contributed by atoms with E-state index in [1.165, 1.54) is 0 Å². The molecule has 84 valence electrons. The summed E-state index contributed by atoms with van der Waals surface area (Å²) in [5.41, 5.74) is 0. The molecule has 0 heterocycles. The van der Waals surface area contributed by atoms with E-state index in [-0.39, 0.29) is 0 Å². The molecule has 0 amide bonds. The van der Waals surface area contributed by atoms with Crippen molar-refractivity contribution in [3.63, 3.8) is 0 Å². The number of hydrogen-bond acceptors (Lipinski definition) is 2. The molecule has 0 bridgehead atoms. The van der Waals surface area contributed by atoms with Gasteiger partial charge < -0.3 is 4.90 Å². The van der Waals surface area contributed by atoms with Crippen molar-refractivity contribution < 1.29 is 4.79 Å². The van der Waals surface area contributed by atoms with Gasteiger partial charge in [0.05, 0.1) is 0 Å². The summed E-state index contributed by atoms with van der Waals surface area (Å²) in [4.78, 5) is 13.8. The fourth-order valence-electron chi connectivity index (χ4n) is 1.40. The van der Waals surface area contributed by atoms with Crippen molar-refractivity contribution in [2.45, 2.75) is 47.0 Å². The number of Topliss-reactive ketones (excluding diaryl/α,β-unsaturated/α-hetero) is 1. The van der Waals surface area contributed by atoms with Gasteiger partial charge >= 0.3 is 0 Å². The van der Waals surface area contributed by atoms with Gasteiger partial charge in [-0.25, -0.2) is 0 Å². The van der Waals surface area contributed by atoms with E-state index in [0.29, 0.717) is 11.7 Å².